The molecule has 0 aromatic heterocycles. The molecule has 18 heavy (non-hydrogen) atoms. The molecule has 0 heterocycles. The molecule has 2 fully saturated rings. The number of hydrogen-bond donors (Lipinski definition) is 1. The van der Waals surface area contributed by atoms with E-state index in [1.807, 2.05) is 0 Å². The third-order valence-electron chi connectivity index (χ3n) is 4.92. The van der Waals surface area contributed by atoms with Gasteiger partial charge >= 0.3 is 0 Å². The molecule has 0 aliphatic heterocycles. The van der Waals surface area contributed by atoms with Crippen LogP contribution in [0.25, 0.3) is 0 Å². The van der Waals surface area contributed by atoms with Crippen molar-refractivity contribution in [3.8, 4) is 0 Å². The normalized spacial score (nSPS) is 35.0. The molecule has 2 atom stereocenters. The van der Waals surface area contributed by atoms with Crippen LogP contribution in [0.1, 0.15) is 66.7 Å². The maximum Gasteiger partial charge on any atom is 0.000813 e. The van der Waals surface area contributed by atoms with Gasteiger partial charge in [-0.3, -0.25) is 0 Å². The van der Waals surface area contributed by atoms with Crippen LogP contribution in [-0.4, -0.2) is 13.1 Å². The lowest BCUT2D eigenvalue weighted by molar-refractivity contribution is 0.189. The fourth-order valence-corrected chi connectivity index (χ4v) is 3.71. The van der Waals surface area contributed by atoms with Gasteiger partial charge in [0.25, 0.3) is 0 Å². The molecule has 2 unspecified atom stereocenters. The number of hydrogen-bond acceptors (Lipinski definition) is 1. The fraction of sp³-hybridized carbons (Fsp3) is 1.00. The zero-order valence-corrected chi connectivity index (χ0v) is 13.2. The molecular weight excluding hydrogens is 218 g/mol. The Labute approximate surface area is 114 Å². The van der Waals surface area contributed by atoms with Crippen molar-refractivity contribution < 1.29 is 0 Å². The first-order valence-corrected chi connectivity index (χ1v) is 8.00. The van der Waals surface area contributed by atoms with Gasteiger partial charge in [0.1, 0.15) is 0 Å². The molecule has 1 nitrogen and oxygen atoms in total. The summed E-state index contributed by atoms with van der Waals surface area (Å²) in [5.41, 5.74) is 1.15. The first-order valence-electron chi connectivity index (χ1n) is 8.00. The van der Waals surface area contributed by atoms with Crippen LogP contribution in [-0.2, 0) is 0 Å². The van der Waals surface area contributed by atoms with E-state index in [2.05, 4.69) is 39.9 Å². The molecule has 2 rings (SSSR count). The smallest absolute Gasteiger partial charge is 0.000813 e. The van der Waals surface area contributed by atoms with Gasteiger partial charge in [0.15, 0.2) is 0 Å². The van der Waals surface area contributed by atoms with E-state index in [1.165, 1.54) is 38.8 Å². The van der Waals surface area contributed by atoms with Crippen LogP contribution in [0.15, 0.2) is 0 Å². The highest BCUT2D eigenvalue weighted by atomic mass is 14.9. The number of fused-ring (bicyclic) bond motifs is 1. The van der Waals surface area contributed by atoms with E-state index in [9.17, 15) is 0 Å². The third kappa shape index (κ3) is 3.98. The largest absolute Gasteiger partial charge is 0.316 e. The second-order valence-corrected chi connectivity index (χ2v) is 8.75. The van der Waals surface area contributed by atoms with Crippen LogP contribution in [0.4, 0.5) is 0 Å². The van der Waals surface area contributed by atoms with E-state index in [1.54, 1.807) is 6.42 Å². The van der Waals surface area contributed by atoms with Gasteiger partial charge in [-0.15, -0.1) is 0 Å². The van der Waals surface area contributed by atoms with Crippen molar-refractivity contribution in [3.05, 3.63) is 0 Å². The first-order chi connectivity index (χ1) is 8.30. The average molecular weight is 251 g/mol. The van der Waals surface area contributed by atoms with Crippen LogP contribution in [0.5, 0.6) is 0 Å². The van der Waals surface area contributed by atoms with E-state index < -0.39 is 0 Å². The highest BCUT2D eigenvalue weighted by Gasteiger charge is 2.53. The van der Waals surface area contributed by atoms with Gasteiger partial charge in [-0.1, -0.05) is 34.6 Å². The monoisotopic (exact) mass is 251 g/mol. The first kappa shape index (κ1) is 14.4. The summed E-state index contributed by atoms with van der Waals surface area (Å²) in [7, 11) is 0. The van der Waals surface area contributed by atoms with Crippen molar-refractivity contribution in [2.24, 2.45) is 28.6 Å². The topological polar surface area (TPSA) is 12.0 Å². The SMILES string of the molecule is CC(C)CNCC1(CCC(C)(C)C)CC2CC2C1. The lowest BCUT2D eigenvalue weighted by Crippen LogP contribution is -2.36. The van der Waals surface area contributed by atoms with Crippen LogP contribution < -0.4 is 5.32 Å². The summed E-state index contributed by atoms with van der Waals surface area (Å²) < 4.78 is 0. The molecule has 0 spiro atoms. The quantitative estimate of drug-likeness (QED) is 0.734. The molecule has 106 valence electrons. The summed E-state index contributed by atoms with van der Waals surface area (Å²) in [4.78, 5) is 0. The molecule has 1 N–H and O–H groups in total. The zero-order valence-electron chi connectivity index (χ0n) is 13.2. The minimum Gasteiger partial charge on any atom is -0.316 e. The summed E-state index contributed by atoms with van der Waals surface area (Å²) in [6.45, 7) is 14.2. The maximum absolute atomic E-state index is 3.74. The van der Waals surface area contributed by atoms with Crippen LogP contribution in [0, 0.1) is 28.6 Å². The summed E-state index contributed by atoms with van der Waals surface area (Å²) in [6, 6.07) is 0. The van der Waals surface area contributed by atoms with Crippen molar-refractivity contribution in [1.82, 2.24) is 5.32 Å². The molecule has 0 bridgehead atoms. The van der Waals surface area contributed by atoms with Crippen LogP contribution in [0.2, 0.25) is 0 Å². The molecule has 2 aliphatic rings. The summed E-state index contributed by atoms with van der Waals surface area (Å²) in [5, 5.41) is 3.74. The molecule has 0 radical (unpaired) electrons. The Bertz CT molecular complexity index is 264. The van der Waals surface area contributed by atoms with E-state index in [0.29, 0.717) is 10.8 Å². The second kappa shape index (κ2) is 5.15. The van der Waals surface area contributed by atoms with Crippen molar-refractivity contribution in [2.75, 3.05) is 13.1 Å². The zero-order chi connectivity index (χ0) is 13.4. The van der Waals surface area contributed by atoms with E-state index in [0.717, 1.165) is 17.8 Å². The minimum atomic E-state index is 0.498. The molecule has 0 amide bonds. The second-order valence-electron chi connectivity index (χ2n) is 8.75. The number of rotatable bonds is 6. The van der Waals surface area contributed by atoms with Gasteiger partial charge in [-0.2, -0.15) is 0 Å². The van der Waals surface area contributed by atoms with Crippen molar-refractivity contribution >= 4 is 0 Å². The van der Waals surface area contributed by atoms with Gasteiger partial charge in [0, 0.05) is 6.54 Å². The van der Waals surface area contributed by atoms with Crippen molar-refractivity contribution in [3.63, 3.8) is 0 Å². The molecule has 0 saturated heterocycles. The van der Waals surface area contributed by atoms with Gasteiger partial charge in [0.05, 0.1) is 0 Å². The third-order valence-corrected chi connectivity index (χ3v) is 4.92. The minimum absolute atomic E-state index is 0.498. The fourth-order valence-electron chi connectivity index (χ4n) is 3.71. The van der Waals surface area contributed by atoms with E-state index in [-0.39, 0.29) is 0 Å². The van der Waals surface area contributed by atoms with Gasteiger partial charge in [-0.05, 0) is 67.2 Å². The molecular formula is C17H33N. The van der Waals surface area contributed by atoms with Gasteiger partial charge in [0.2, 0.25) is 0 Å². The standard InChI is InChI=1S/C17H33N/c1-13(2)11-18-12-17(7-6-16(3,4)5)9-14-8-15(14)10-17/h13-15,18H,6-12H2,1-5H3. The highest BCUT2D eigenvalue weighted by molar-refractivity contribution is 5.04. The Morgan fingerprint density at radius 3 is 2.28 bits per heavy atom. The molecule has 2 aliphatic carbocycles. The lowest BCUT2D eigenvalue weighted by atomic mass is 9.74. The lowest BCUT2D eigenvalue weighted by Gasteiger charge is -2.34. The summed E-state index contributed by atoms with van der Waals surface area (Å²) >= 11 is 0. The van der Waals surface area contributed by atoms with Crippen LogP contribution in [0.3, 0.4) is 0 Å². The Kier molecular flexibility index (Phi) is 4.11. The molecule has 0 aromatic rings. The Balaban J connectivity index is 1.84. The maximum atomic E-state index is 3.74. The van der Waals surface area contributed by atoms with Gasteiger partial charge in [-0.25, -0.2) is 0 Å². The number of nitrogens with one attached hydrogen (secondary N) is 1. The highest BCUT2D eigenvalue weighted by Crippen LogP contribution is 2.61. The summed E-state index contributed by atoms with van der Waals surface area (Å²) in [5.74, 6) is 2.98. The molecule has 2 saturated carbocycles. The predicted octanol–water partition coefficient (Wildman–Crippen LogP) is 4.47. The Morgan fingerprint density at radius 1 is 1.17 bits per heavy atom. The Morgan fingerprint density at radius 2 is 1.78 bits per heavy atom. The van der Waals surface area contributed by atoms with Gasteiger partial charge < -0.3 is 5.32 Å². The predicted molar refractivity (Wildman–Crippen MR) is 79.7 cm³/mol. The summed E-state index contributed by atoms with van der Waals surface area (Å²) in [6.07, 6.45) is 7.39. The van der Waals surface area contributed by atoms with Crippen LogP contribution >= 0.6 is 0 Å². The van der Waals surface area contributed by atoms with E-state index in [4.69, 9.17) is 0 Å². The van der Waals surface area contributed by atoms with Crippen molar-refractivity contribution in [1.29, 1.82) is 0 Å². The molecule has 0 aromatic carbocycles. The molecule has 1 heteroatoms. The van der Waals surface area contributed by atoms with Crippen molar-refractivity contribution in [2.45, 2.75) is 66.7 Å². The Hall–Kier alpha value is -0.0400. The average Bonchev–Trinajstić information content (AvgIpc) is 2.83. The van der Waals surface area contributed by atoms with E-state index >= 15 is 0 Å².